The maximum Gasteiger partial charge on any atom is 0.0957 e. The molecule has 3 rings (SSSR count). The zero-order valence-electron chi connectivity index (χ0n) is 9.96. The molecule has 2 heterocycles. The molecule has 0 saturated heterocycles. The number of aromatic nitrogens is 2. The molecular formula is C13H13N3S2. The van der Waals surface area contributed by atoms with Crippen LogP contribution in [-0.2, 0) is 6.42 Å². The molecule has 0 aliphatic rings. The second-order valence-electron chi connectivity index (χ2n) is 4.02. The Bertz CT molecular complexity index is 598. The van der Waals surface area contributed by atoms with Gasteiger partial charge in [0.2, 0.25) is 0 Å². The van der Waals surface area contributed by atoms with Gasteiger partial charge in [0.1, 0.15) is 0 Å². The highest BCUT2D eigenvalue weighted by Gasteiger charge is 2.14. The number of thiazole rings is 2. The van der Waals surface area contributed by atoms with Crippen molar-refractivity contribution >= 4 is 32.9 Å². The molecule has 18 heavy (non-hydrogen) atoms. The first-order valence-corrected chi connectivity index (χ1v) is 7.46. The van der Waals surface area contributed by atoms with E-state index in [0.717, 1.165) is 11.9 Å². The lowest BCUT2D eigenvalue weighted by atomic mass is 10.2. The van der Waals surface area contributed by atoms with Gasteiger partial charge in [-0.05, 0) is 19.2 Å². The second-order valence-corrected chi connectivity index (χ2v) is 6.06. The standard InChI is InChI=1S/C13H13N3S2/c1-14-10(12-7-15-8-17-12)6-13-16-9-4-2-3-5-11(9)18-13/h2-5,7-8,10,14H,6H2,1H3. The van der Waals surface area contributed by atoms with E-state index < -0.39 is 0 Å². The molecule has 0 saturated carbocycles. The van der Waals surface area contributed by atoms with Gasteiger partial charge in [-0.2, -0.15) is 0 Å². The lowest BCUT2D eigenvalue weighted by Gasteiger charge is -2.11. The zero-order valence-corrected chi connectivity index (χ0v) is 11.6. The summed E-state index contributed by atoms with van der Waals surface area (Å²) >= 11 is 3.46. The lowest BCUT2D eigenvalue weighted by molar-refractivity contribution is 0.600. The maximum atomic E-state index is 4.67. The molecule has 0 amide bonds. The van der Waals surface area contributed by atoms with Gasteiger partial charge in [-0.1, -0.05) is 12.1 Å². The molecule has 3 aromatic rings. The maximum absolute atomic E-state index is 4.67. The van der Waals surface area contributed by atoms with Crippen LogP contribution in [0.1, 0.15) is 15.9 Å². The Morgan fingerprint density at radius 2 is 2.22 bits per heavy atom. The van der Waals surface area contributed by atoms with E-state index in [2.05, 4.69) is 33.5 Å². The van der Waals surface area contributed by atoms with Crippen molar-refractivity contribution in [3.63, 3.8) is 0 Å². The van der Waals surface area contributed by atoms with Gasteiger partial charge in [-0.15, -0.1) is 22.7 Å². The average Bonchev–Trinajstić information content (AvgIpc) is 3.04. The van der Waals surface area contributed by atoms with Crippen LogP contribution in [0.5, 0.6) is 0 Å². The van der Waals surface area contributed by atoms with Crippen molar-refractivity contribution in [2.75, 3.05) is 7.05 Å². The van der Waals surface area contributed by atoms with Crippen LogP contribution in [0, 0.1) is 0 Å². The van der Waals surface area contributed by atoms with E-state index in [1.165, 1.54) is 14.6 Å². The number of rotatable bonds is 4. The zero-order chi connectivity index (χ0) is 12.4. The van der Waals surface area contributed by atoms with E-state index in [1.807, 2.05) is 24.8 Å². The van der Waals surface area contributed by atoms with Crippen LogP contribution in [0.4, 0.5) is 0 Å². The van der Waals surface area contributed by atoms with Crippen LogP contribution in [0.3, 0.4) is 0 Å². The highest BCUT2D eigenvalue weighted by Crippen LogP contribution is 2.27. The first-order valence-electron chi connectivity index (χ1n) is 5.77. The average molecular weight is 275 g/mol. The molecule has 1 N–H and O–H groups in total. The van der Waals surface area contributed by atoms with Crippen molar-refractivity contribution in [1.82, 2.24) is 15.3 Å². The molecule has 0 radical (unpaired) electrons. The van der Waals surface area contributed by atoms with Gasteiger partial charge >= 0.3 is 0 Å². The van der Waals surface area contributed by atoms with Gasteiger partial charge in [0, 0.05) is 23.5 Å². The number of benzene rings is 1. The molecule has 5 heteroatoms. The monoisotopic (exact) mass is 275 g/mol. The summed E-state index contributed by atoms with van der Waals surface area (Å²) in [7, 11) is 1.98. The van der Waals surface area contributed by atoms with Crippen LogP contribution in [-0.4, -0.2) is 17.0 Å². The van der Waals surface area contributed by atoms with Gasteiger partial charge < -0.3 is 5.32 Å². The summed E-state index contributed by atoms with van der Waals surface area (Å²) in [6, 6.07) is 8.58. The van der Waals surface area contributed by atoms with Gasteiger partial charge in [0.15, 0.2) is 0 Å². The Kier molecular flexibility index (Phi) is 3.36. The summed E-state index contributed by atoms with van der Waals surface area (Å²) in [6.45, 7) is 0. The fourth-order valence-electron chi connectivity index (χ4n) is 1.92. The van der Waals surface area contributed by atoms with Crippen LogP contribution >= 0.6 is 22.7 Å². The molecule has 3 nitrogen and oxygen atoms in total. The molecule has 2 aromatic heterocycles. The number of hydrogen-bond donors (Lipinski definition) is 1. The third-order valence-corrected chi connectivity index (χ3v) is 4.81. The van der Waals surface area contributed by atoms with Crippen molar-refractivity contribution in [2.24, 2.45) is 0 Å². The lowest BCUT2D eigenvalue weighted by Crippen LogP contribution is -2.17. The van der Waals surface area contributed by atoms with E-state index in [1.54, 1.807) is 22.7 Å². The summed E-state index contributed by atoms with van der Waals surface area (Å²) < 4.78 is 1.26. The fourth-order valence-corrected chi connectivity index (χ4v) is 3.67. The molecular weight excluding hydrogens is 262 g/mol. The predicted molar refractivity (Wildman–Crippen MR) is 77.2 cm³/mol. The van der Waals surface area contributed by atoms with E-state index >= 15 is 0 Å². The Morgan fingerprint density at radius 1 is 1.33 bits per heavy atom. The number of para-hydroxylation sites is 1. The summed E-state index contributed by atoms with van der Waals surface area (Å²) in [5.41, 5.74) is 2.97. The summed E-state index contributed by atoms with van der Waals surface area (Å²) in [5, 5.41) is 4.50. The topological polar surface area (TPSA) is 37.8 Å². The summed E-state index contributed by atoms with van der Waals surface area (Å²) in [5.74, 6) is 0. The van der Waals surface area contributed by atoms with E-state index in [9.17, 15) is 0 Å². The predicted octanol–water partition coefficient (Wildman–Crippen LogP) is 3.26. The largest absolute Gasteiger partial charge is 0.312 e. The molecule has 1 aromatic carbocycles. The van der Waals surface area contributed by atoms with E-state index in [-0.39, 0.29) is 0 Å². The second kappa shape index (κ2) is 5.14. The Morgan fingerprint density at radius 3 is 2.94 bits per heavy atom. The number of nitrogens with one attached hydrogen (secondary N) is 1. The van der Waals surface area contributed by atoms with Gasteiger partial charge in [-0.3, -0.25) is 4.98 Å². The molecule has 0 aliphatic carbocycles. The number of fused-ring (bicyclic) bond motifs is 1. The van der Waals surface area contributed by atoms with Crippen LogP contribution in [0.2, 0.25) is 0 Å². The summed E-state index contributed by atoms with van der Waals surface area (Å²) in [6.07, 6.45) is 2.84. The molecule has 1 unspecified atom stereocenters. The molecule has 1 atom stereocenters. The van der Waals surface area contributed by atoms with Crippen molar-refractivity contribution in [1.29, 1.82) is 0 Å². The quantitative estimate of drug-likeness (QED) is 0.794. The molecule has 0 fully saturated rings. The van der Waals surface area contributed by atoms with Crippen LogP contribution in [0.15, 0.2) is 36.0 Å². The normalized spacial score (nSPS) is 12.9. The smallest absolute Gasteiger partial charge is 0.0957 e. The minimum absolute atomic E-state index is 0.304. The first kappa shape index (κ1) is 11.8. The molecule has 0 spiro atoms. The minimum Gasteiger partial charge on any atom is -0.312 e. The van der Waals surface area contributed by atoms with Crippen LogP contribution < -0.4 is 5.32 Å². The Labute approximate surface area is 114 Å². The highest BCUT2D eigenvalue weighted by atomic mass is 32.1. The van der Waals surface area contributed by atoms with Crippen molar-refractivity contribution in [3.05, 3.63) is 45.9 Å². The van der Waals surface area contributed by atoms with E-state index in [4.69, 9.17) is 0 Å². The number of hydrogen-bond acceptors (Lipinski definition) is 5. The fraction of sp³-hybridized carbons (Fsp3) is 0.231. The molecule has 92 valence electrons. The number of nitrogens with zero attached hydrogens (tertiary/aromatic N) is 2. The van der Waals surface area contributed by atoms with Crippen molar-refractivity contribution in [3.8, 4) is 0 Å². The Balaban J connectivity index is 1.86. The third kappa shape index (κ3) is 2.29. The molecule has 0 aliphatic heterocycles. The third-order valence-electron chi connectivity index (χ3n) is 2.86. The SMILES string of the molecule is CNC(Cc1nc2ccccc2s1)c1cncs1. The van der Waals surface area contributed by atoms with Crippen LogP contribution in [0.25, 0.3) is 10.2 Å². The first-order chi connectivity index (χ1) is 8.86. The van der Waals surface area contributed by atoms with Gasteiger partial charge in [-0.25, -0.2) is 4.98 Å². The van der Waals surface area contributed by atoms with Crippen molar-refractivity contribution in [2.45, 2.75) is 12.5 Å². The molecule has 0 bridgehead atoms. The summed E-state index contributed by atoms with van der Waals surface area (Å²) in [4.78, 5) is 10.1. The van der Waals surface area contributed by atoms with E-state index in [0.29, 0.717) is 6.04 Å². The minimum atomic E-state index is 0.304. The van der Waals surface area contributed by atoms with Gasteiger partial charge in [0.25, 0.3) is 0 Å². The number of likely N-dealkylation sites (N-methyl/N-ethyl adjacent to an activating group) is 1. The highest BCUT2D eigenvalue weighted by molar-refractivity contribution is 7.18. The van der Waals surface area contributed by atoms with Gasteiger partial charge in [0.05, 0.1) is 20.7 Å². The van der Waals surface area contributed by atoms with Crippen molar-refractivity contribution < 1.29 is 0 Å². The Hall–Kier alpha value is -1.30.